The number of hydrogen-bond donors (Lipinski definition) is 1. The van der Waals surface area contributed by atoms with Crippen molar-refractivity contribution in [3.05, 3.63) is 65.2 Å². The van der Waals surface area contributed by atoms with E-state index in [0.717, 1.165) is 42.5 Å². The molecule has 28 heavy (non-hydrogen) atoms. The molecule has 0 unspecified atom stereocenters. The second kappa shape index (κ2) is 8.33. The average molecular weight is 399 g/mol. The van der Waals surface area contributed by atoms with Gasteiger partial charge in [-0.3, -0.25) is 14.5 Å². The van der Waals surface area contributed by atoms with Crippen molar-refractivity contribution in [3.63, 3.8) is 0 Å². The quantitative estimate of drug-likeness (QED) is 0.775. The third-order valence-electron chi connectivity index (χ3n) is 5.78. The monoisotopic (exact) mass is 398 g/mol. The Balaban J connectivity index is 1.34. The van der Waals surface area contributed by atoms with Crippen LogP contribution in [0.2, 0.25) is 5.02 Å². The molecule has 0 saturated carbocycles. The summed E-state index contributed by atoms with van der Waals surface area (Å²) in [6.45, 7) is 3.89. The topological polar surface area (TPSA) is 45.1 Å². The molecule has 1 N–H and O–H groups in total. The molecule has 2 aromatic rings. The summed E-state index contributed by atoms with van der Waals surface area (Å²) in [5.41, 5.74) is 2.26. The van der Waals surface area contributed by atoms with Crippen LogP contribution in [0.1, 0.15) is 12.0 Å². The van der Waals surface area contributed by atoms with Gasteiger partial charge in [-0.25, -0.2) is 0 Å². The zero-order chi connectivity index (χ0) is 19.5. The third-order valence-corrected chi connectivity index (χ3v) is 6.02. The third kappa shape index (κ3) is 4.05. The SMILES string of the molecule is O=C1C[C@@H]([NH+]2CCN(c3cccc(Cl)c3)CC2)C(=O)N1CCc1ccccc1. The van der Waals surface area contributed by atoms with Crippen molar-refractivity contribution in [1.29, 1.82) is 0 Å². The van der Waals surface area contributed by atoms with Crippen molar-refractivity contribution in [2.45, 2.75) is 18.9 Å². The smallest absolute Gasteiger partial charge is 0.288 e. The number of piperazine rings is 1. The summed E-state index contributed by atoms with van der Waals surface area (Å²) < 4.78 is 0. The van der Waals surface area contributed by atoms with Crippen LogP contribution < -0.4 is 9.80 Å². The Morgan fingerprint density at radius 3 is 2.46 bits per heavy atom. The van der Waals surface area contributed by atoms with Gasteiger partial charge in [0.05, 0.1) is 32.6 Å². The number of halogens is 1. The summed E-state index contributed by atoms with van der Waals surface area (Å²) in [4.78, 5) is 30.3. The summed E-state index contributed by atoms with van der Waals surface area (Å²) in [6.07, 6.45) is 1.04. The van der Waals surface area contributed by atoms with Crippen molar-refractivity contribution in [2.24, 2.45) is 0 Å². The van der Waals surface area contributed by atoms with E-state index in [-0.39, 0.29) is 17.9 Å². The number of nitrogens with zero attached hydrogens (tertiary/aromatic N) is 2. The standard InChI is InChI=1S/C22H24ClN3O2/c23-18-7-4-8-19(15-18)24-11-13-25(14-12-24)20-16-21(27)26(22(20)28)10-9-17-5-2-1-3-6-17/h1-8,15,20H,9-14,16H2/p+1/t20-/m1/s1. The minimum Gasteiger partial charge on any atom is -0.360 e. The van der Waals surface area contributed by atoms with Crippen LogP contribution in [0, 0.1) is 0 Å². The van der Waals surface area contributed by atoms with E-state index < -0.39 is 0 Å². The van der Waals surface area contributed by atoms with Gasteiger partial charge in [-0.2, -0.15) is 0 Å². The first-order chi connectivity index (χ1) is 13.6. The molecule has 1 atom stereocenters. The number of nitrogens with one attached hydrogen (secondary N) is 1. The molecular weight excluding hydrogens is 374 g/mol. The first kappa shape index (κ1) is 19.0. The fourth-order valence-corrected chi connectivity index (χ4v) is 4.38. The molecule has 2 fully saturated rings. The van der Waals surface area contributed by atoms with Gasteiger partial charge >= 0.3 is 0 Å². The molecule has 0 aromatic heterocycles. The Hall–Kier alpha value is -2.37. The number of anilines is 1. The second-order valence-electron chi connectivity index (χ2n) is 7.50. The number of carbonyl (C=O) groups is 2. The lowest BCUT2D eigenvalue weighted by atomic mass is 10.1. The van der Waals surface area contributed by atoms with E-state index in [0.29, 0.717) is 19.4 Å². The molecule has 0 aliphatic carbocycles. The Bertz CT molecular complexity index is 850. The van der Waals surface area contributed by atoms with Crippen LogP contribution >= 0.6 is 11.6 Å². The molecule has 2 heterocycles. The zero-order valence-electron chi connectivity index (χ0n) is 15.8. The highest BCUT2D eigenvalue weighted by Gasteiger charge is 2.45. The molecule has 5 nitrogen and oxygen atoms in total. The minimum absolute atomic E-state index is 0.00728. The second-order valence-corrected chi connectivity index (χ2v) is 7.94. The molecule has 2 aliphatic heterocycles. The van der Waals surface area contributed by atoms with Gasteiger partial charge in [-0.1, -0.05) is 48.0 Å². The lowest BCUT2D eigenvalue weighted by molar-refractivity contribution is -0.915. The lowest BCUT2D eigenvalue weighted by Crippen LogP contribution is -3.19. The maximum atomic E-state index is 12.9. The molecule has 0 bridgehead atoms. The lowest BCUT2D eigenvalue weighted by Gasteiger charge is -2.35. The molecule has 6 heteroatoms. The number of rotatable bonds is 5. The van der Waals surface area contributed by atoms with Crippen molar-refractivity contribution < 1.29 is 14.5 Å². The van der Waals surface area contributed by atoms with Gasteiger partial charge in [0, 0.05) is 17.3 Å². The van der Waals surface area contributed by atoms with E-state index in [9.17, 15) is 9.59 Å². The maximum Gasteiger partial charge on any atom is 0.288 e. The molecule has 0 spiro atoms. The average Bonchev–Trinajstić information content (AvgIpc) is 3.01. The largest absolute Gasteiger partial charge is 0.360 e. The van der Waals surface area contributed by atoms with E-state index in [1.54, 1.807) is 0 Å². The highest BCUT2D eigenvalue weighted by molar-refractivity contribution is 6.30. The fraction of sp³-hybridized carbons (Fsp3) is 0.364. The van der Waals surface area contributed by atoms with Gasteiger partial charge in [-0.05, 0) is 30.2 Å². The highest BCUT2D eigenvalue weighted by atomic mass is 35.5. The van der Waals surface area contributed by atoms with Gasteiger partial charge in [0.1, 0.15) is 0 Å². The molecule has 2 saturated heterocycles. The summed E-state index contributed by atoms with van der Waals surface area (Å²) in [5.74, 6) is -0.0390. The van der Waals surface area contributed by atoms with Gasteiger partial charge in [0.25, 0.3) is 5.91 Å². The van der Waals surface area contributed by atoms with Crippen molar-refractivity contribution in [1.82, 2.24) is 4.90 Å². The van der Waals surface area contributed by atoms with Gasteiger partial charge in [0.15, 0.2) is 6.04 Å². The van der Waals surface area contributed by atoms with Crippen molar-refractivity contribution in [2.75, 3.05) is 37.6 Å². The van der Waals surface area contributed by atoms with E-state index in [1.807, 2.05) is 48.5 Å². The maximum absolute atomic E-state index is 12.9. The summed E-state index contributed by atoms with van der Waals surface area (Å²) in [6, 6.07) is 17.6. The number of hydrogen-bond acceptors (Lipinski definition) is 3. The summed E-state index contributed by atoms with van der Waals surface area (Å²) in [5, 5.41) is 0.734. The molecule has 4 rings (SSSR count). The molecule has 2 aliphatic rings. The highest BCUT2D eigenvalue weighted by Crippen LogP contribution is 2.20. The Kier molecular flexibility index (Phi) is 5.64. The van der Waals surface area contributed by atoms with E-state index in [1.165, 1.54) is 9.80 Å². The van der Waals surface area contributed by atoms with Crippen LogP contribution in [-0.2, 0) is 16.0 Å². The number of amides is 2. The van der Waals surface area contributed by atoms with Gasteiger partial charge in [-0.15, -0.1) is 0 Å². The normalized spacial score (nSPS) is 20.8. The first-order valence-corrected chi connectivity index (χ1v) is 10.2. The van der Waals surface area contributed by atoms with E-state index >= 15 is 0 Å². The van der Waals surface area contributed by atoms with Crippen LogP contribution in [0.4, 0.5) is 5.69 Å². The summed E-state index contributed by atoms with van der Waals surface area (Å²) in [7, 11) is 0. The molecule has 2 amide bonds. The van der Waals surface area contributed by atoms with Crippen LogP contribution in [0.25, 0.3) is 0 Å². The molecule has 2 aromatic carbocycles. The van der Waals surface area contributed by atoms with E-state index in [2.05, 4.69) is 11.0 Å². The van der Waals surface area contributed by atoms with Gasteiger partial charge < -0.3 is 9.80 Å². The molecule has 0 radical (unpaired) electrons. The number of quaternary nitrogens is 1. The fourth-order valence-electron chi connectivity index (χ4n) is 4.20. The Labute approximate surface area is 170 Å². The number of likely N-dealkylation sites (tertiary alicyclic amines) is 1. The van der Waals surface area contributed by atoms with E-state index in [4.69, 9.17) is 11.6 Å². The van der Waals surface area contributed by atoms with Crippen LogP contribution in [0.5, 0.6) is 0 Å². The number of benzene rings is 2. The van der Waals surface area contributed by atoms with Crippen molar-refractivity contribution >= 4 is 29.1 Å². The van der Waals surface area contributed by atoms with Crippen LogP contribution in [-0.4, -0.2) is 55.5 Å². The zero-order valence-corrected chi connectivity index (χ0v) is 16.6. The minimum atomic E-state index is -0.232. The Morgan fingerprint density at radius 1 is 1.00 bits per heavy atom. The first-order valence-electron chi connectivity index (χ1n) is 9.85. The van der Waals surface area contributed by atoms with Crippen LogP contribution in [0.3, 0.4) is 0 Å². The predicted molar refractivity (Wildman–Crippen MR) is 110 cm³/mol. The number of carbonyl (C=O) groups excluding carboxylic acids is 2. The predicted octanol–water partition coefficient (Wildman–Crippen LogP) is 1.42. The molecule has 146 valence electrons. The van der Waals surface area contributed by atoms with Crippen LogP contribution in [0.15, 0.2) is 54.6 Å². The molecular formula is C22H25ClN3O2+. The number of imide groups is 1. The van der Waals surface area contributed by atoms with Crippen molar-refractivity contribution in [3.8, 4) is 0 Å². The summed E-state index contributed by atoms with van der Waals surface area (Å²) >= 11 is 6.10. The van der Waals surface area contributed by atoms with Gasteiger partial charge in [0.2, 0.25) is 5.91 Å². The Morgan fingerprint density at radius 2 is 1.75 bits per heavy atom.